The highest BCUT2D eigenvalue weighted by atomic mass is 32.1. The molecule has 126 valence electrons. The Bertz CT molecular complexity index is 791. The summed E-state index contributed by atoms with van der Waals surface area (Å²) >= 11 is 1.44. The predicted molar refractivity (Wildman–Crippen MR) is 92.7 cm³/mol. The summed E-state index contributed by atoms with van der Waals surface area (Å²) in [5.74, 6) is 0.150. The lowest BCUT2D eigenvalue weighted by atomic mass is 10.0. The Balaban J connectivity index is 1.44. The van der Waals surface area contributed by atoms with Crippen LogP contribution in [0.15, 0.2) is 30.5 Å². The SMILES string of the molecule is OC(CNc1nn2cc(-c3ccc(F)cc3)nc2s1)C1CCCC1. The molecule has 7 heteroatoms. The van der Waals surface area contributed by atoms with Crippen LogP contribution in [-0.4, -0.2) is 32.4 Å². The lowest BCUT2D eigenvalue weighted by Crippen LogP contribution is -2.26. The van der Waals surface area contributed by atoms with Crippen LogP contribution in [0.5, 0.6) is 0 Å². The molecule has 1 atom stereocenters. The number of nitrogens with zero attached hydrogens (tertiary/aromatic N) is 3. The Morgan fingerprint density at radius 3 is 2.75 bits per heavy atom. The van der Waals surface area contributed by atoms with Crippen molar-refractivity contribution in [3.63, 3.8) is 0 Å². The highest BCUT2D eigenvalue weighted by Gasteiger charge is 2.23. The zero-order valence-electron chi connectivity index (χ0n) is 13.2. The number of hydrogen-bond donors (Lipinski definition) is 2. The van der Waals surface area contributed by atoms with Gasteiger partial charge in [0.2, 0.25) is 10.1 Å². The molecule has 0 saturated heterocycles. The van der Waals surface area contributed by atoms with Crippen LogP contribution in [0.3, 0.4) is 0 Å². The van der Waals surface area contributed by atoms with Crippen molar-refractivity contribution < 1.29 is 9.50 Å². The Morgan fingerprint density at radius 2 is 2.04 bits per heavy atom. The summed E-state index contributed by atoms with van der Waals surface area (Å²) in [6.45, 7) is 0.520. The van der Waals surface area contributed by atoms with Gasteiger partial charge < -0.3 is 10.4 Å². The maximum atomic E-state index is 13.0. The van der Waals surface area contributed by atoms with Gasteiger partial charge in [-0.05, 0) is 43.0 Å². The van der Waals surface area contributed by atoms with E-state index in [1.807, 2.05) is 6.20 Å². The predicted octanol–water partition coefficient (Wildman–Crippen LogP) is 3.56. The van der Waals surface area contributed by atoms with Crippen LogP contribution < -0.4 is 5.32 Å². The van der Waals surface area contributed by atoms with Crippen molar-refractivity contribution in [1.82, 2.24) is 14.6 Å². The number of halogens is 1. The summed E-state index contributed by atoms with van der Waals surface area (Å²) in [5.41, 5.74) is 1.63. The summed E-state index contributed by atoms with van der Waals surface area (Å²) in [6, 6.07) is 6.26. The minimum absolute atomic E-state index is 0.259. The van der Waals surface area contributed by atoms with Gasteiger partial charge in [0.05, 0.1) is 18.0 Å². The first-order valence-corrected chi connectivity index (χ1v) is 9.05. The molecular formula is C17H19FN4OS. The molecule has 2 heterocycles. The van der Waals surface area contributed by atoms with E-state index in [0.29, 0.717) is 12.5 Å². The zero-order chi connectivity index (χ0) is 16.5. The van der Waals surface area contributed by atoms with E-state index < -0.39 is 0 Å². The summed E-state index contributed by atoms with van der Waals surface area (Å²) in [7, 11) is 0. The van der Waals surface area contributed by atoms with Gasteiger partial charge >= 0.3 is 0 Å². The smallest absolute Gasteiger partial charge is 0.214 e. The fraction of sp³-hybridized carbons (Fsp3) is 0.412. The molecule has 0 spiro atoms. The van der Waals surface area contributed by atoms with Crippen molar-refractivity contribution in [3.8, 4) is 11.3 Å². The largest absolute Gasteiger partial charge is 0.391 e. The van der Waals surface area contributed by atoms with Gasteiger partial charge in [-0.15, -0.1) is 5.10 Å². The number of hydrogen-bond acceptors (Lipinski definition) is 5. The van der Waals surface area contributed by atoms with Crippen LogP contribution in [0.2, 0.25) is 0 Å². The Kier molecular flexibility index (Phi) is 4.20. The number of benzene rings is 1. The van der Waals surface area contributed by atoms with Crippen molar-refractivity contribution in [2.24, 2.45) is 5.92 Å². The third kappa shape index (κ3) is 3.14. The Hall–Kier alpha value is -1.99. The van der Waals surface area contributed by atoms with E-state index in [9.17, 15) is 9.50 Å². The summed E-state index contributed by atoms with van der Waals surface area (Å²) in [4.78, 5) is 5.30. The monoisotopic (exact) mass is 346 g/mol. The van der Waals surface area contributed by atoms with Crippen LogP contribution in [0, 0.1) is 11.7 Å². The number of aliphatic hydroxyl groups excluding tert-OH is 1. The number of aliphatic hydroxyl groups is 1. The van der Waals surface area contributed by atoms with Gasteiger partial charge in [-0.25, -0.2) is 13.9 Å². The highest BCUT2D eigenvalue weighted by molar-refractivity contribution is 7.20. The normalized spacial score (nSPS) is 16.8. The summed E-state index contributed by atoms with van der Waals surface area (Å²) < 4.78 is 14.7. The molecular weight excluding hydrogens is 327 g/mol. The van der Waals surface area contributed by atoms with Crippen molar-refractivity contribution in [1.29, 1.82) is 0 Å². The molecule has 1 saturated carbocycles. The van der Waals surface area contributed by atoms with E-state index in [4.69, 9.17) is 0 Å². The van der Waals surface area contributed by atoms with E-state index in [1.54, 1.807) is 16.6 Å². The van der Waals surface area contributed by atoms with Gasteiger partial charge in [-0.1, -0.05) is 24.2 Å². The van der Waals surface area contributed by atoms with Crippen LogP contribution >= 0.6 is 11.3 Å². The van der Waals surface area contributed by atoms with E-state index in [2.05, 4.69) is 15.4 Å². The number of aromatic nitrogens is 3. The average molecular weight is 346 g/mol. The molecule has 0 aliphatic heterocycles. The van der Waals surface area contributed by atoms with Crippen molar-refractivity contribution in [3.05, 3.63) is 36.3 Å². The lowest BCUT2D eigenvalue weighted by molar-refractivity contribution is 0.123. The summed E-state index contributed by atoms with van der Waals surface area (Å²) in [5, 5.41) is 18.6. The molecule has 24 heavy (non-hydrogen) atoms. The number of fused-ring (bicyclic) bond motifs is 1. The highest BCUT2D eigenvalue weighted by Crippen LogP contribution is 2.28. The molecule has 3 aromatic rings. The molecule has 1 aliphatic rings. The topological polar surface area (TPSA) is 62.5 Å². The van der Waals surface area contributed by atoms with Gasteiger partial charge in [0, 0.05) is 12.1 Å². The minimum Gasteiger partial charge on any atom is -0.391 e. The van der Waals surface area contributed by atoms with Crippen molar-refractivity contribution in [2.45, 2.75) is 31.8 Å². The molecule has 1 fully saturated rings. The molecule has 0 bridgehead atoms. The number of anilines is 1. The molecule has 2 aromatic heterocycles. The molecule has 0 amide bonds. The van der Waals surface area contributed by atoms with E-state index in [1.165, 1.54) is 36.3 Å². The maximum Gasteiger partial charge on any atom is 0.214 e. The second kappa shape index (κ2) is 6.49. The summed E-state index contributed by atoms with van der Waals surface area (Å²) in [6.07, 6.45) is 6.18. The van der Waals surface area contributed by atoms with E-state index in [-0.39, 0.29) is 11.9 Å². The molecule has 1 aromatic carbocycles. The fourth-order valence-corrected chi connectivity index (χ4v) is 4.02. The molecule has 2 N–H and O–H groups in total. The second-order valence-electron chi connectivity index (χ2n) is 6.26. The van der Waals surface area contributed by atoms with Gasteiger partial charge in [0.25, 0.3) is 0 Å². The number of nitrogens with one attached hydrogen (secondary N) is 1. The standard InChI is InChI=1S/C17H19FN4OS/c18-13-7-5-11(6-8-13)14-10-22-17(20-14)24-16(21-22)19-9-15(23)12-3-1-2-4-12/h5-8,10,12,15,23H,1-4,9H2,(H,19,21). The molecule has 0 radical (unpaired) electrons. The molecule has 4 rings (SSSR count). The quantitative estimate of drug-likeness (QED) is 0.741. The number of imidazole rings is 1. The fourth-order valence-electron chi connectivity index (χ4n) is 3.23. The molecule has 1 aliphatic carbocycles. The van der Waals surface area contributed by atoms with Gasteiger partial charge in [0.15, 0.2) is 0 Å². The van der Waals surface area contributed by atoms with Crippen molar-refractivity contribution in [2.75, 3.05) is 11.9 Å². The van der Waals surface area contributed by atoms with Crippen LogP contribution in [-0.2, 0) is 0 Å². The van der Waals surface area contributed by atoms with Gasteiger partial charge in [0.1, 0.15) is 5.82 Å². The number of rotatable bonds is 5. The maximum absolute atomic E-state index is 13.0. The second-order valence-corrected chi connectivity index (χ2v) is 7.22. The first kappa shape index (κ1) is 15.5. The van der Waals surface area contributed by atoms with Gasteiger partial charge in [-0.2, -0.15) is 0 Å². The van der Waals surface area contributed by atoms with E-state index in [0.717, 1.165) is 34.2 Å². The van der Waals surface area contributed by atoms with Crippen LogP contribution in [0.25, 0.3) is 16.2 Å². The minimum atomic E-state index is -0.321. The first-order chi connectivity index (χ1) is 11.7. The van der Waals surface area contributed by atoms with Crippen LogP contribution in [0.4, 0.5) is 9.52 Å². The third-order valence-corrected chi connectivity index (χ3v) is 5.47. The first-order valence-electron chi connectivity index (χ1n) is 8.23. The van der Waals surface area contributed by atoms with Gasteiger partial charge in [-0.3, -0.25) is 0 Å². The Labute approximate surface area is 143 Å². The third-order valence-electron chi connectivity index (χ3n) is 4.59. The average Bonchev–Trinajstić information content (AvgIpc) is 3.29. The van der Waals surface area contributed by atoms with Crippen LogP contribution in [0.1, 0.15) is 25.7 Å². The van der Waals surface area contributed by atoms with Crippen molar-refractivity contribution >= 4 is 21.4 Å². The zero-order valence-corrected chi connectivity index (χ0v) is 14.0. The molecule has 5 nitrogen and oxygen atoms in total. The van der Waals surface area contributed by atoms with E-state index >= 15 is 0 Å². The Morgan fingerprint density at radius 1 is 1.29 bits per heavy atom. The lowest BCUT2D eigenvalue weighted by Gasteiger charge is -2.17. The molecule has 1 unspecified atom stereocenters.